The molecule has 0 atom stereocenters. The molecule has 3 aromatic rings. The summed E-state index contributed by atoms with van der Waals surface area (Å²) in [4.78, 5) is 12.5. The molecule has 0 fully saturated rings. The van der Waals surface area contributed by atoms with Gasteiger partial charge in [0.2, 0.25) is 0 Å². The third kappa shape index (κ3) is 5.28. The van der Waals surface area contributed by atoms with E-state index in [1.54, 1.807) is 55.5 Å². The van der Waals surface area contributed by atoms with Gasteiger partial charge in [-0.15, -0.1) is 0 Å². The zero-order valence-corrected chi connectivity index (χ0v) is 18.7. The number of hydrogen-bond acceptors (Lipinski definition) is 5. The van der Waals surface area contributed by atoms with E-state index in [9.17, 15) is 13.2 Å². The van der Waals surface area contributed by atoms with E-state index in [1.165, 1.54) is 26.4 Å². The minimum absolute atomic E-state index is 0.0485. The van der Waals surface area contributed by atoms with Gasteiger partial charge in [-0.25, -0.2) is 8.42 Å². The number of hydrogen-bond donors (Lipinski definition) is 2. The van der Waals surface area contributed by atoms with E-state index in [-0.39, 0.29) is 16.5 Å². The number of amides is 1. The highest BCUT2D eigenvalue weighted by molar-refractivity contribution is 7.92. The fraction of sp³-hybridized carbons (Fsp3) is 0.136. The molecule has 0 radical (unpaired) electrons. The van der Waals surface area contributed by atoms with Crippen molar-refractivity contribution in [3.63, 3.8) is 0 Å². The van der Waals surface area contributed by atoms with E-state index in [0.717, 1.165) is 0 Å². The Kier molecular flexibility index (Phi) is 6.72. The Bertz CT molecular complexity index is 1210. The fourth-order valence-electron chi connectivity index (χ4n) is 2.83. The van der Waals surface area contributed by atoms with Crippen LogP contribution in [0.4, 0.5) is 11.4 Å². The lowest BCUT2D eigenvalue weighted by Crippen LogP contribution is -2.15. The number of sulfonamides is 1. The molecule has 162 valence electrons. The number of carbonyl (C=O) groups is 1. The molecular weight excluding hydrogens is 440 g/mol. The second-order valence-corrected chi connectivity index (χ2v) is 8.73. The first kappa shape index (κ1) is 22.5. The van der Waals surface area contributed by atoms with Crippen molar-refractivity contribution >= 4 is 38.9 Å². The number of anilines is 2. The number of nitrogens with one attached hydrogen (secondary N) is 2. The van der Waals surface area contributed by atoms with Gasteiger partial charge in [-0.1, -0.05) is 11.6 Å². The van der Waals surface area contributed by atoms with Crippen molar-refractivity contribution in [1.82, 2.24) is 0 Å². The largest absolute Gasteiger partial charge is 0.497 e. The molecular formula is C22H21ClN2O5S. The van der Waals surface area contributed by atoms with Crippen LogP contribution in [0.3, 0.4) is 0 Å². The molecule has 3 aromatic carbocycles. The summed E-state index contributed by atoms with van der Waals surface area (Å²) in [7, 11) is -0.940. The maximum atomic E-state index is 12.9. The minimum atomic E-state index is -3.89. The molecule has 0 unspecified atom stereocenters. The Morgan fingerprint density at radius 2 is 1.58 bits per heavy atom. The molecule has 0 aliphatic heterocycles. The van der Waals surface area contributed by atoms with Gasteiger partial charge in [-0.05, 0) is 67.1 Å². The van der Waals surface area contributed by atoms with Crippen molar-refractivity contribution in [3.05, 3.63) is 76.8 Å². The van der Waals surface area contributed by atoms with Crippen LogP contribution in [0, 0.1) is 6.92 Å². The topological polar surface area (TPSA) is 93.7 Å². The number of ether oxygens (including phenoxy) is 2. The zero-order chi connectivity index (χ0) is 22.6. The first-order valence-corrected chi connectivity index (χ1v) is 11.0. The van der Waals surface area contributed by atoms with E-state index in [0.29, 0.717) is 33.3 Å². The Labute approximate surface area is 186 Å². The Morgan fingerprint density at radius 1 is 0.903 bits per heavy atom. The second kappa shape index (κ2) is 9.28. The van der Waals surface area contributed by atoms with Crippen molar-refractivity contribution in [2.75, 3.05) is 24.3 Å². The Hall–Kier alpha value is -3.23. The van der Waals surface area contributed by atoms with Crippen LogP contribution in [0.5, 0.6) is 11.5 Å². The van der Waals surface area contributed by atoms with E-state index < -0.39 is 10.0 Å². The van der Waals surface area contributed by atoms with Gasteiger partial charge in [0.15, 0.2) is 0 Å². The molecule has 9 heteroatoms. The third-order valence-electron chi connectivity index (χ3n) is 4.52. The Balaban J connectivity index is 1.81. The predicted octanol–water partition coefficient (Wildman–Crippen LogP) is 4.72. The van der Waals surface area contributed by atoms with Crippen molar-refractivity contribution in [3.8, 4) is 11.5 Å². The average Bonchev–Trinajstić information content (AvgIpc) is 2.75. The molecule has 0 saturated heterocycles. The van der Waals surface area contributed by atoms with Crippen molar-refractivity contribution in [2.45, 2.75) is 11.8 Å². The highest BCUT2D eigenvalue weighted by Gasteiger charge is 2.18. The summed E-state index contributed by atoms with van der Waals surface area (Å²) < 4.78 is 38.6. The van der Waals surface area contributed by atoms with Gasteiger partial charge in [-0.3, -0.25) is 9.52 Å². The molecule has 0 saturated carbocycles. The maximum absolute atomic E-state index is 12.9. The molecule has 0 aromatic heterocycles. The molecule has 0 aliphatic rings. The zero-order valence-electron chi connectivity index (χ0n) is 17.1. The summed E-state index contributed by atoms with van der Waals surface area (Å²) in [6.07, 6.45) is 0. The van der Waals surface area contributed by atoms with Crippen LogP contribution < -0.4 is 19.5 Å². The normalized spacial score (nSPS) is 11.0. The molecule has 0 aliphatic carbocycles. The SMILES string of the molecule is COc1ccc(NS(=O)(=O)c2ccc(NC(=O)c3ccc(Cl)cc3)c(C)c2)c(OC)c1. The smallest absolute Gasteiger partial charge is 0.262 e. The minimum Gasteiger partial charge on any atom is -0.497 e. The molecule has 3 rings (SSSR count). The molecule has 1 amide bonds. The van der Waals surface area contributed by atoms with Gasteiger partial charge in [0.1, 0.15) is 11.5 Å². The van der Waals surface area contributed by atoms with Gasteiger partial charge in [0.25, 0.3) is 15.9 Å². The number of benzene rings is 3. The number of carbonyl (C=O) groups excluding carboxylic acids is 1. The van der Waals surface area contributed by atoms with Crippen LogP contribution in [0.25, 0.3) is 0 Å². The van der Waals surface area contributed by atoms with E-state index in [2.05, 4.69) is 10.0 Å². The van der Waals surface area contributed by atoms with Crippen molar-refractivity contribution in [1.29, 1.82) is 0 Å². The number of methoxy groups -OCH3 is 2. The van der Waals surface area contributed by atoms with Crippen molar-refractivity contribution in [2.24, 2.45) is 0 Å². The second-order valence-electron chi connectivity index (χ2n) is 6.61. The van der Waals surface area contributed by atoms with Crippen LogP contribution >= 0.6 is 11.6 Å². The summed E-state index contributed by atoms with van der Waals surface area (Å²) >= 11 is 5.85. The standard InChI is InChI=1S/C22H21ClN2O5S/c1-14-12-18(9-11-19(14)24-22(26)15-4-6-16(23)7-5-15)31(27,28)25-20-10-8-17(29-2)13-21(20)30-3/h4-13,25H,1-3H3,(H,24,26). The van der Waals surface area contributed by atoms with Gasteiger partial charge < -0.3 is 14.8 Å². The van der Waals surface area contributed by atoms with Crippen LogP contribution in [-0.4, -0.2) is 28.5 Å². The lowest BCUT2D eigenvalue weighted by atomic mass is 10.1. The number of aryl methyl sites for hydroxylation is 1. The summed E-state index contributed by atoms with van der Waals surface area (Å²) in [5.41, 5.74) is 1.81. The third-order valence-corrected chi connectivity index (χ3v) is 6.13. The van der Waals surface area contributed by atoms with E-state index in [1.807, 2.05) is 0 Å². The number of rotatable bonds is 7. The Morgan fingerprint density at radius 3 is 2.19 bits per heavy atom. The van der Waals surface area contributed by atoms with Gasteiger partial charge in [0.05, 0.1) is 24.8 Å². The first-order chi connectivity index (χ1) is 14.7. The lowest BCUT2D eigenvalue weighted by molar-refractivity contribution is 0.102. The van der Waals surface area contributed by atoms with Gasteiger partial charge >= 0.3 is 0 Å². The summed E-state index contributed by atoms with van der Waals surface area (Å²) in [6.45, 7) is 1.71. The summed E-state index contributed by atoms with van der Waals surface area (Å²) in [6, 6.07) is 15.7. The molecule has 0 bridgehead atoms. The molecule has 31 heavy (non-hydrogen) atoms. The van der Waals surface area contributed by atoms with Crippen LogP contribution in [0.15, 0.2) is 65.6 Å². The van der Waals surface area contributed by atoms with E-state index >= 15 is 0 Å². The number of halogens is 1. The van der Waals surface area contributed by atoms with Crippen molar-refractivity contribution < 1.29 is 22.7 Å². The highest BCUT2D eigenvalue weighted by atomic mass is 35.5. The van der Waals surface area contributed by atoms with E-state index in [4.69, 9.17) is 21.1 Å². The quantitative estimate of drug-likeness (QED) is 0.532. The fourth-order valence-corrected chi connectivity index (χ4v) is 4.11. The van der Waals surface area contributed by atoms with Crippen LogP contribution in [0.1, 0.15) is 15.9 Å². The lowest BCUT2D eigenvalue weighted by Gasteiger charge is -2.14. The molecule has 0 heterocycles. The van der Waals surface area contributed by atoms with Crippen LogP contribution in [-0.2, 0) is 10.0 Å². The molecule has 2 N–H and O–H groups in total. The molecule has 7 nitrogen and oxygen atoms in total. The van der Waals surface area contributed by atoms with Crippen LogP contribution in [0.2, 0.25) is 5.02 Å². The maximum Gasteiger partial charge on any atom is 0.262 e. The van der Waals surface area contributed by atoms with Gasteiger partial charge in [-0.2, -0.15) is 0 Å². The summed E-state index contributed by atoms with van der Waals surface area (Å²) in [5.74, 6) is 0.541. The summed E-state index contributed by atoms with van der Waals surface area (Å²) in [5, 5.41) is 3.30. The molecule has 0 spiro atoms. The monoisotopic (exact) mass is 460 g/mol. The highest BCUT2D eigenvalue weighted by Crippen LogP contribution is 2.31. The first-order valence-electron chi connectivity index (χ1n) is 9.16. The van der Waals surface area contributed by atoms with Gasteiger partial charge in [0, 0.05) is 22.3 Å². The average molecular weight is 461 g/mol. The predicted molar refractivity (Wildman–Crippen MR) is 121 cm³/mol.